The van der Waals surface area contributed by atoms with Gasteiger partial charge in [-0.1, -0.05) is 12.1 Å². The molecule has 0 bridgehead atoms. The number of halogens is 1. The minimum absolute atomic E-state index is 0.165. The fourth-order valence-corrected chi connectivity index (χ4v) is 2.51. The Morgan fingerprint density at radius 3 is 2.71 bits per heavy atom. The van der Waals surface area contributed by atoms with Gasteiger partial charge in [0.25, 0.3) is 0 Å². The molecule has 1 fully saturated rings. The first-order valence-electron chi connectivity index (χ1n) is 7.35. The molecule has 0 saturated heterocycles. The number of rotatable bonds is 6. The highest BCUT2D eigenvalue weighted by Crippen LogP contribution is 2.26. The van der Waals surface area contributed by atoms with Crippen LogP contribution in [0.2, 0.25) is 0 Å². The molecule has 0 spiro atoms. The van der Waals surface area contributed by atoms with Crippen molar-refractivity contribution in [2.45, 2.75) is 32.0 Å². The molecule has 3 nitrogen and oxygen atoms in total. The molecule has 1 aliphatic rings. The van der Waals surface area contributed by atoms with Gasteiger partial charge in [0.1, 0.15) is 5.82 Å². The van der Waals surface area contributed by atoms with Gasteiger partial charge in [0, 0.05) is 38.6 Å². The smallest absolute Gasteiger partial charge is 0.146 e. The highest BCUT2D eigenvalue weighted by atomic mass is 19.1. The van der Waals surface area contributed by atoms with Crippen LogP contribution in [0.15, 0.2) is 42.7 Å². The van der Waals surface area contributed by atoms with Crippen molar-refractivity contribution in [2.75, 3.05) is 11.9 Å². The molecule has 1 saturated carbocycles. The molecule has 0 atom stereocenters. The van der Waals surface area contributed by atoms with E-state index in [1.54, 1.807) is 18.5 Å². The predicted octanol–water partition coefficient (Wildman–Crippen LogP) is 3.11. The van der Waals surface area contributed by atoms with Gasteiger partial charge in [-0.3, -0.25) is 4.98 Å². The number of hydrogen-bond donors (Lipinski definition) is 1. The number of benzene rings is 1. The van der Waals surface area contributed by atoms with Crippen LogP contribution < -0.4 is 10.2 Å². The minimum Gasteiger partial charge on any atom is -0.368 e. The topological polar surface area (TPSA) is 28.2 Å². The molecule has 0 amide bonds. The number of hydrogen-bond acceptors (Lipinski definition) is 3. The largest absolute Gasteiger partial charge is 0.368 e. The van der Waals surface area contributed by atoms with Crippen LogP contribution in [0.5, 0.6) is 0 Å². The first kappa shape index (κ1) is 14.0. The summed E-state index contributed by atoms with van der Waals surface area (Å²) in [7, 11) is 1.93. The Labute approximate surface area is 124 Å². The number of nitrogens with one attached hydrogen (secondary N) is 1. The van der Waals surface area contributed by atoms with Crippen molar-refractivity contribution in [2.24, 2.45) is 0 Å². The molecule has 3 rings (SSSR count). The van der Waals surface area contributed by atoms with Gasteiger partial charge >= 0.3 is 0 Å². The van der Waals surface area contributed by atoms with Gasteiger partial charge in [0.05, 0.1) is 5.69 Å². The number of pyridine rings is 1. The maximum absolute atomic E-state index is 14.3. The molecule has 110 valence electrons. The van der Waals surface area contributed by atoms with Gasteiger partial charge < -0.3 is 10.2 Å². The third-order valence-corrected chi connectivity index (χ3v) is 3.78. The molecule has 0 unspecified atom stereocenters. The second kappa shape index (κ2) is 6.22. The van der Waals surface area contributed by atoms with Crippen molar-refractivity contribution in [1.29, 1.82) is 0 Å². The number of nitrogens with zero attached hydrogens (tertiary/aromatic N) is 2. The van der Waals surface area contributed by atoms with E-state index in [9.17, 15) is 4.39 Å². The van der Waals surface area contributed by atoms with Crippen molar-refractivity contribution >= 4 is 5.69 Å². The summed E-state index contributed by atoms with van der Waals surface area (Å²) < 4.78 is 14.3. The monoisotopic (exact) mass is 285 g/mol. The number of anilines is 1. The van der Waals surface area contributed by atoms with Crippen LogP contribution in [0.1, 0.15) is 24.0 Å². The first-order valence-corrected chi connectivity index (χ1v) is 7.35. The van der Waals surface area contributed by atoms with E-state index in [0.29, 0.717) is 18.3 Å². The van der Waals surface area contributed by atoms with Crippen molar-refractivity contribution < 1.29 is 4.39 Å². The Balaban J connectivity index is 1.78. The Kier molecular flexibility index (Phi) is 4.15. The lowest BCUT2D eigenvalue weighted by Gasteiger charge is -2.23. The Bertz CT molecular complexity index is 596. The van der Waals surface area contributed by atoms with Crippen LogP contribution in [0, 0.1) is 5.82 Å². The highest BCUT2D eigenvalue weighted by molar-refractivity contribution is 5.54. The number of para-hydroxylation sites is 1. The second-order valence-electron chi connectivity index (χ2n) is 5.61. The van der Waals surface area contributed by atoms with Crippen molar-refractivity contribution in [1.82, 2.24) is 10.3 Å². The summed E-state index contributed by atoms with van der Waals surface area (Å²) >= 11 is 0. The summed E-state index contributed by atoms with van der Waals surface area (Å²) in [6.45, 7) is 1.39. The molecule has 1 aliphatic carbocycles. The summed E-state index contributed by atoms with van der Waals surface area (Å²) in [6, 6.07) is 9.84. The van der Waals surface area contributed by atoms with Gasteiger partial charge in [-0.05, 0) is 42.2 Å². The van der Waals surface area contributed by atoms with E-state index in [0.717, 1.165) is 17.7 Å². The molecule has 0 radical (unpaired) electrons. The van der Waals surface area contributed by atoms with Gasteiger partial charge in [0.2, 0.25) is 0 Å². The average Bonchev–Trinajstić information content (AvgIpc) is 3.30. The zero-order valence-corrected chi connectivity index (χ0v) is 12.2. The maximum Gasteiger partial charge on any atom is 0.146 e. The molecule has 1 heterocycles. The van der Waals surface area contributed by atoms with Crippen LogP contribution in [-0.2, 0) is 13.1 Å². The van der Waals surface area contributed by atoms with E-state index in [1.165, 1.54) is 18.9 Å². The summed E-state index contributed by atoms with van der Waals surface area (Å²) in [4.78, 5) is 5.98. The van der Waals surface area contributed by atoms with Crippen molar-refractivity contribution in [3.63, 3.8) is 0 Å². The second-order valence-corrected chi connectivity index (χ2v) is 5.61. The van der Waals surface area contributed by atoms with Crippen molar-refractivity contribution in [3.8, 4) is 0 Å². The average molecular weight is 285 g/mol. The van der Waals surface area contributed by atoms with Crippen LogP contribution in [0.25, 0.3) is 0 Å². The zero-order chi connectivity index (χ0) is 14.7. The maximum atomic E-state index is 14.3. The van der Waals surface area contributed by atoms with Crippen molar-refractivity contribution in [3.05, 3.63) is 59.7 Å². The minimum atomic E-state index is -0.165. The van der Waals surface area contributed by atoms with E-state index in [-0.39, 0.29) is 5.82 Å². The zero-order valence-electron chi connectivity index (χ0n) is 12.2. The Hall–Kier alpha value is -1.94. The lowest BCUT2D eigenvalue weighted by molar-refractivity contribution is 0.613. The molecular formula is C17H20FN3. The molecule has 1 aromatic carbocycles. The SMILES string of the molecule is CN(Cc1ccncc1)c1c(F)cccc1CNC1CC1. The van der Waals surface area contributed by atoms with E-state index < -0.39 is 0 Å². The van der Waals surface area contributed by atoms with Crippen LogP contribution in [0.4, 0.5) is 10.1 Å². The fourth-order valence-electron chi connectivity index (χ4n) is 2.51. The standard InChI is InChI=1S/C17H20FN3/c1-21(12-13-7-9-19-10-8-13)17-14(3-2-4-16(17)18)11-20-15-5-6-15/h2-4,7-10,15,20H,5-6,11-12H2,1H3. The quantitative estimate of drug-likeness (QED) is 0.884. The van der Waals surface area contributed by atoms with Crippen LogP contribution in [-0.4, -0.2) is 18.1 Å². The van der Waals surface area contributed by atoms with Crippen LogP contribution in [0.3, 0.4) is 0 Å². The summed E-state index contributed by atoms with van der Waals surface area (Å²) in [5.74, 6) is -0.165. The third-order valence-electron chi connectivity index (χ3n) is 3.78. The molecule has 0 aliphatic heterocycles. The third kappa shape index (κ3) is 3.58. The van der Waals surface area contributed by atoms with E-state index >= 15 is 0 Å². The molecule has 4 heteroatoms. The molecule has 1 N–H and O–H groups in total. The lowest BCUT2D eigenvalue weighted by Crippen LogP contribution is -2.22. The van der Waals surface area contributed by atoms with Crippen LogP contribution >= 0.6 is 0 Å². The molecule has 21 heavy (non-hydrogen) atoms. The molecule has 2 aromatic rings. The van der Waals surface area contributed by atoms with E-state index in [1.807, 2.05) is 30.1 Å². The first-order chi connectivity index (χ1) is 10.2. The Morgan fingerprint density at radius 1 is 1.24 bits per heavy atom. The highest BCUT2D eigenvalue weighted by Gasteiger charge is 2.21. The lowest BCUT2D eigenvalue weighted by atomic mass is 10.1. The van der Waals surface area contributed by atoms with Gasteiger partial charge in [-0.25, -0.2) is 4.39 Å². The summed E-state index contributed by atoms with van der Waals surface area (Å²) in [5.41, 5.74) is 2.82. The van der Waals surface area contributed by atoms with E-state index in [4.69, 9.17) is 0 Å². The molecular weight excluding hydrogens is 265 g/mol. The van der Waals surface area contributed by atoms with Gasteiger partial charge in [0.15, 0.2) is 0 Å². The summed E-state index contributed by atoms with van der Waals surface area (Å²) in [5, 5.41) is 3.46. The summed E-state index contributed by atoms with van der Waals surface area (Å²) in [6.07, 6.45) is 6.00. The number of aromatic nitrogens is 1. The predicted molar refractivity (Wildman–Crippen MR) is 82.6 cm³/mol. The van der Waals surface area contributed by atoms with E-state index in [2.05, 4.69) is 10.3 Å². The fraction of sp³-hybridized carbons (Fsp3) is 0.353. The van der Waals surface area contributed by atoms with Gasteiger partial charge in [-0.15, -0.1) is 0 Å². The molecule has 1 aromatic heterocycles. The van der Waals surface area contributed by atoms with Gasteiger partial charge in [-0.2, -0.15) is 0 Å². The normalized spacial score (nSPS) is 14.2. The Morgan fingerprint density at radius 2 is 2.00 bits per heavy atom.